The lowest BCUT2D eigenvalue weighted by molar-refractivity contribution is 0.0641. The molecule has 0 spiro atoms. The summed E-state index contributed by atoms with van der Waals surface area (Å²) in [5.41, 5.74) is -0.274. The Morgan fingerprint density at radius 3 is 2.88 bits per heavy atom. The molecule has 1 aliphatic carbocycles. The van der Waals surface area contributed by atoms with Gasteiger partial charge in [-0.15, -0.1) is 0 Å². The van der Waals surface area contributed by atoms with E-state index >= 15 is 0 Å². The predicted octanol–water partition coefficient (Wildman–Crippen LogP) is 0.865. The molecule has 5 heteroatoms. The van der Waals surface area contributed by atoms with Crippen LogP contribution in [-0.2, 0) is 0 Å². The monoisotopic (exact) mass is 224 g/mol. The van der Waals surface area contributed by atoms with Gasteiger partial charge in [0, 0.05) is 17.8 Å². The van der Waals surface area contributed by atoms with Crippen LogP contribution < -0.4 is 5.32 Å². The third-order valence-corrected chi connectivity index (χ3v) is 2.98. The lowest BCUT2D eigenvalue weighted by Gasteiger charge is -2.40. The van der Waals surface area contributed by atoms with Crippen LogP contribution in [0.25, 0.3) is 0 Å². The van der Waals surface area contributed by atoms with E-state index in [2.05, 4.69) is 10.3 Å². The van der Waals surface area contributed by atoms with Gasteiger partial charge in [0.05, 0.1) is 12.1 Å². The number of hydrogen-bond acceptors (Lipinski definition) is 3. The molecule has 1 aromatic rings. The van der Waals surface area contributed by atoms with Crippen molar-refractivity contribution in [3.63, 3.8) is 0 Å². The van der Waals surface area contributed by atoms with Crippen molar-refractivity contribution in [2.24, 2.45) is 0 Å². The fourth-order valence-corrected chi connectivity index (χ4v) is 1.78. The van der Waals surface area contributed by atoms with E-state index in [1.165, 1.54) is 12.3 Å². The summed E-state index contributed by atoms with van der Waals surface area (Å²) in [6.45, 7) is -0.0771. The van der Waals surface area contributed by atoms with E-state index < -0.39 is 11.5 Å². The van der Waals surface area contributed by atoms with Crippen molar-refractivity contribution in [2.75, 3.05) is 6.61 Å². The molecule has 1 heterocycles. The van der Waals surface area contributed by atoms with Gasteiger partial charge in [0.25, 0.3) is 5.91 Å². The van der Waals surface area contributed by atoms with E-state index in [1.807, 2.05) is 0 Å². The molecule has 4 nitrogen and oxygen atoms in total. The van der Waals surface area contributed by atoms with Crippen LogP contribution in [0.1, 0.15) is 29.6 Å². The molecule has 16 heavy (non-hydrogen) atoms. The minimum absolute atomic E-state index is 0.0771. The molecule has 1 fully saturated rings. The maximum Gasteiger partial charge on any atom is 0.252 e. The lowest BCUT2D eigenvalue weighted by Crippen LogP contribution is -2.56. The van der Waals surface area contributed by atoms with Gasteiger partial charge in [-0.25, -0.2) is 4.98 Å². The van der Waals surface area contributed by atoms with Gasteiger partial charge in [0.1, 0.15) is 0 Å². The molecule has 0 aromatic carbocycles. The second-order valence-electron chi connectivity index (χ2n) is 4.11. The Hall–Kier alpha value is -1.49. The van der Waals surface area contributed by atoms with Gasteiger partial charge in [-0.2, -0.15) is 4.39 Å². The van der Waals surface area contributed by atoms with Crippen LogP contribution in [0.15, 0.2) is 18.3 Å². The van der Waals surface area contributed by atoms with Crippen LogP contribution >= 0.6 is 0 Å². The Balaban J connectivity index is 2.08. The van der Waals surface area contributed by atoms with E-state index in [-0.39, 0.29) is 18.1 Å². The minimum Gasteiger partial charge on any atom is -0.394 e. The number of aromatic nitrogens is 1. The fourth-order valence-electron chi connectivity index (χ4n) is 1.78. The highest BCUT2D eigenvalue weighted by Crippen LogP contribution is 2.31. The first kappa shape index (κ1) is 11.0. The van der Waals surface area contributed by atoms with Gasteiger partial charge in [-0.1, -0.05) is 0 Å². The zero-order valence-electron chi connectivity index (χ0n) is 8.74. The Morgan fingerprint density at radius 1 is 1.62 bits per heavy atom. The first-order chi connectivity index (χ1) is 7.65. The van der Waals surface area contributed by atoms with Gasteiger partial charge in [0.2, 0.25) is 5.95 Å². The molecule has 86 valence electrons. The van der Waals surface area contributed by atoms with Crippen LogP contribution in [-0.4, -0.2) is 28.1 Å². The van der Waals surface area contributed by atoms with E-state index in [0.29, 0.717) is 0 Å². The molecule has 0 radical (unpaired) electrons. The third kappa shape index (κ3) is 2.04. The number of amides is 1. The van der Waals surface area contributed by atoms with Crippen LogP contribution in [0.4, 0.5) is 4.39 Å². The maximum atomic E-state index is 12.8. The lowest BCUT2D eigenvalue weighted by atomic mass is 9.77. The molecule has 2 N–H and O–H groups in total. The molecule has 0 unspecified atom stereocenters. The Morgan fingerprint density at radius 2 is 2.38 bits per heavy atom. The summed E-state index contributed by atoms with van der Waals surface area (Å²) in [4.78, 5) is 15.1. The van der Waals surface area contributed by atoms with Crippen molar-refractivity contribution >= 4 is 5.91 Å². The zero-order valence-corrected chi connectivity index (χ0v) is 8.74. The summed E-state index contributed by atoms with van der Waals surface area (Å²) in [5.74, 6) is -1.05. The molecule has 0 saturated heterocycles. The van der Waals surface area contributed by atoms with E-state index in [1.54, 1.807) is 0 Å². The largest absolute Gasteiger partial charge is 0.394 e. The number of hydrogen-bond donors (Lipinski definition) is 2. The van der Waals surface area contributed by atoms with Crippen molar-refractivity contribution in [1.29, 1.82) is 0 Å². The molecule has 0 bridgehead atoms. The van der Waals surface area contributed by atoms with Crippen molar-refractivity contribution in [3.05, 3.63) is 29.8 Å². The molecular formula is C11H13FN2O2. The summed E-state index contributed by atoms with van der Waals surface area (Å²) in [7, 11) is 0. The van der Waals surface area contributed by atoms with Crippen molar-refractivity contribution in [3.8, 4) is 0 Å². The summed E-state index contributed by atoms with van der Waals surface area (Å²) < 4.78 is 12.8. The third-order valence-electron chi connectivity index (χ3n) is 2.98. The normalized spacial score (nSPS) is 17.6. The van der Waals surface area contributed by atoms with Crippen molar-refractivity contribution in [2.45, 2.75) is 24.8 Å². The Bertz CT molecular complexity index is 399. The van der Waals surface area contributed by atoms with Crippen molar-refractivity contribution < 1.29 is 14.3 Å². The standard InChI is InChI=1S/C11H13FN2O2/c12-9-6-8(2-5-13-9)10(16)14-11(7-15)3-1-4-11/h2,5-6,15H,1,3-4,7H2,(H,14,16). The number of aliphatic hydroxyl groups is 1. The number of carbonyl (C=O) groups excluding carboxylic acids is 1. The summed E-state index contributed by atoms with van der Waals surface area (Å²) in [5, 5.41) is 11.9. The highest BCUT2D eigenvalue weighted by Gasteiger charge is 2.37. The Labute approximate surface area is 92.5 Å². The topological polar surface area (TPSA) is 62.2 Å². The summed E-state index contributed by atoms with van der Waals surface area (Å²) in [6, 6.07) is 2.53. The maximum absolute atomic E-state index is 12.8. The van der Waals surface area contributed by atoms with Gasteiger partial charge in [0.15, 0.2) is 0 Å². The number of carbonyl (C=O) groups is 1. The fraction of sp³-hybridized carbons (Fsp3) is 0.455. The van der Waals surface area contributed by atoms with E-state index in [4.69, 9.17) is 0 Å². The minimum atomic E-state index is -0.681. The molecule has 1 aliphatic rings. The van der Waals surface area contributed by atoms with Gasteiger partial charge in [-0.05, 0) is 25.3 Å². The van der Waals surface area contributed by atoms with E-state index in [9.17, 15) is 14.3 Å². The SMILES string of the molecule is O=C(NC1(CO)CCC1)c1ccnc(F)c1. The van der Waals surface area contributed by atoms with Gasteiger partial charge < -0.3 is 10.4 Å². The number of pyridine rings is 1. The van der Waals surface area contributed by atoms with Crippen LogP contribution in [0.3, 0.4) is 0 Å². The molecule has 1 saturated carbocycles. The predicted molar refractivity (Wildman–Crippen MR) is 55.3 cm³/mol. The Kier molecular flexibility index (Phi) is 2.87. The quantitative estimate of drug-likeness (QED) is 0.749. The number of rotatable bonds is 3. The van der Waals surface area contributed by atoms with Gasteiger partial charge in [-0.3, -0.25) is 4.79 Å². The number of nitrogens with one attached hydrogen (secondary N) is 1. The number of halogens is 1. The smallest absolute Gasteiger partial charge is 0.252 e. The molecule has 1 amide bonds. The molecule has 2 rings (SSSR count). The van der Waals surface area contributed by atoms with Crippen LogP contribution in [0.5, 0.6) is 0 Å². The molecular weight excluding hydrogens is 211 g/mol. The van der Waals surface area contributed by atoms with Gasteiger partial charge >= 0.3 is 0 Å². The van der Waals surface area contributed by atoms with Crippen LogP contribution in [0, 0.1) is 5.95 Å². The van der Waals surface area contributed by atoms with E-state index in [0.717, 1.165) is 25.3 Å². The highest BCUT2D eigenvalue weighted by atomic mass is 19.1. The second-order valence-corrected chi connectivity index (χ2v) is 4.11. The molecule has 0 atom stereocenters. The van der Waals surface area contributed by atoms with Crippen LogP contribution in [0.2, 0.25) is 0 Å². The number of aliphatic hydroxyl groups excluding tert-OH is 1. The average molecular weight is 224 g/mol. The zero-order chi connectivity index (χ0) is 11.6. The summed E-state index contributed by atoms with van der Waals surface area (Å²) in [6.07, 6.45) is 3.77. The first-order valence-electron chi connectivity index (χ1n) is 5.20. The molecule has 1 aromatic heterocycles. The number of nitrogens with zero attached hydrogens (tertiary/aromatic N) is 1. The molecule has 0 aliphatic heterocycles. The summed E-state index contributed by atoms with van der Waals surface area (Å²) >= 11 is 0. The highest BCUT2D eigenvalue weighted by molar-refractivity contribution is 5.94. The first-order valence-corrected chi connectivity index (χ1v) is 5.20. The average Bonchev–Trinajstić information content (AvgIpc) is 2.23. The van der Waals surface area contributed by atoms with Crippen molar-refractivity contribution in [1.82, 2.24) is 10.3 Å². The second kappa shape index (κ2) is 4.17.